The lowest BCUT2D eigenvalue weighted by Gasteiger charge is -2.27. The van der Waals surface area contributed by atoms with Crippen LogP contribution in [0.5, 0.6) is 0 Å². The van der Waals surface area contributed by atoms with Gasteiger partial charge in [-0.15, -0.1) is 0 Å². The van der Waals surface area contributed by atoms with Gasteiger partial charge in [0, 0.05) is 23.9 Å². The first-order valence-electron chi connectivity index (χ1n) is 4.75. The van der Waals surface area contributed by atoms with E-state index in [1.807, 2.05) is 17.9 Å². The predicted molar refractivity (Wildman–Crippen MR) is 67.2 cm³/mol. The number of hydrogen-bond donors (Lipinski definition) is 0. The molecule has 80 valence electrons. The van der Waals surface area contributed by atoms with E-state index in [1.54, 1.807) is 0 Å². The molecule has 0 amide bonds. The van der Waals surface area contributed by atoms with Crippen LogP contribution in [-0.2, 0) is 13.5 Å². The van der Waals surface area contributed by atoms with E-state index in [0.29, 0.717) is 5.41 Å². The van der Waals surface area contributed by atoms with Crippen molar-refractivity contribution in [1.29, 1.82) is 0 Å². The molecule has 0 N–H and O–H groups in total. The average molecular weight is 324 g/mol. The van der Waals surface area contributed by atoms with Gasteiger partial charge in [0.2, 0.25) is 0 Å². The van der Waals surface area contributed by atoms with Gasteiger partial charge >= 0.3 is 0 Å². The Morgan fingerprint density at radius 1 is 1.43 bits per heavy atom. The average Bonchev–Trinajstić information content (AvgIpc) is 2.61. The van der Waals surface area contributed by atoms with Crippen LogP contribution in [-0.4, -0.2) is 20.4 Å². The Morgan fingerprint density at radius 2 is 2.07 bits per heavy atom. The maximum Gasteiger partial charge on any atom is 0.0521 e. The Balaban J connectivity index is 2.73. The maximum absolute atomic E-state index is 4.19. The van der Waals surface area contributed by atoms with Crippen molar-refractivity contribution in [2.24, 2.45) is 12.5 Å². The predicted octanol–water partition coefficient (Wildman–Crippen LogP) is 3.15. The molecule has 0 spiro atoms. The molecule has 1 aromatic rings. The van der Waals surface area contributed by atoms with Crippen molar-refractivity contribution in [2.75, 3.05) is 10.7 Å². The fourth-order valence-corrected chi connectivity index (χ4v) is 3.56. The number of alkyl halides is 2. The van der Waals surface area contributed by atoms with Crippen LogP contribution >= 0.6 is 31.9 Å². The molecule has 0 radical (unpaired) electrons. The van der Waals surface area contributed by atoms with Crippen LogP contribution in [0, 0.1) is 5.41 Å². The number of aromatic nitrogens is 2. The largest absolute Gasteiger partial charge is 0.276 e. The van der Waals surface area contributed by atoms with Crippen molar-refractivity contribution in [3.05, 3.63) is 18.0 Å². The molecule has 0 aliphatic carbocycles. The van der Waals surface area contributed by atoms with Crippen LogP contribution in [0.1, 0.15) is 18.9 Å². The van der Waals surface area contributed by atoms with E-state index in [0.717, 1.165) is 17.1 Å². The normalized spacial score (nSPS) is 12.0. The van der Waals surface area contributed by atoms with Gasteiger partial charge in [0.25, 0.3) is 0 Å². The summed E-state index contributed by atoms with van der Waals surface area (Å²) < 4.78 is 1.86. The first kappa shape index (κ1) is 12.2. The van der Waals surface area contributed by atoms with Gasteiger partial charge in [-0.2, -0.15) is 5.10 Å². The second-order valence-corrected chi connectivity index (χ2v) is 4.94. The summed E-state index contributed by atoms with van der Waals surface area (Å²) in [6.45, 7) is 2.24. The van der Waals surface area contributed by atoms with Gasteiger partial charge in [-0.25, -0.2) is 0 Å². The summed E-state index contributed by atoms with van der Waals surface area (Å²) >= 11 is 7.20. The highest BCUT2D eigenvalue weighted by Crippen LogP contribution is 2.31. The van der Waals surface area contributed by atoms with Crippen molar-refractivity contribution in [2.45, 2.75) is 19.8 Å². The van der Waals surface area contributed by atoms with E-state index in [1.165, 1.54) is 12.0 Å². The van der Waals surface area contributed by atoms with Crippen LogP contribution in [0.3, 0.4) is 0 Å². The summed E-state index contributed by atoms with van der Waals surface area (Å²) in [6, 6.07) is 0. The van der Waals surface area contributed by atoms with E-state index in [2.05, 4.69) is 50.1 Å². The molecule has 0 aromatic carbocycles. The molecule has 1 heterocycles. The summed E-state index contributed by atoms with van der Waals surface area (Å²) in [5.74, 6) is 0. The molecule has 0 atom stereocenters. The van der Waals surface area contributed by atoms with Crippen molar-refractivity contribution in [1.82, 2.24) is 9.78 Å². The Hall–Kier alpha value is 0.170. The molecule has 14 heavy (non-hydrogen) atoms. The molecular formula is C10H16Br2N2. The third kappa shape index (κ3) is 2.83. The molecule has 2 nitrogen and oxygen atoms in total. The molecule has 0 bridgehead atoms. The van der Waals surface area contributed by atoms with Crippen molar-refractivity contribution in [3.8, 4) is 0 Å². The summed E-state index contributed by atoms with van der Waals surface area (Å²) in [7, 11) is 1.96. The number of hydrogen-bond acceptors (Lipinski definition) is 1. The van der Waals surface area contributed by atoms with E-state index in [-0.39, 0.29) is 0 Å². The highest BCUT2D eigenvalue weighted by molar-refractivity contribution is 9.09. The highest BCUT2D eigenvalue weighted by atomic mass is 79.9. The molecule has 1 aromatic heterocycles. The standard InChI is InChI=1S/C10H16Br2N2/c1-3-10(7-11,8-12)4-9-5-13-14(2)6-9/h5-6H,3-4,7-8H2,1-2H3. The van der Waals surface area contributed by atoms with Crippen LogP contribution in [0.25, 0.3) is 0 Å². The number of aryl methyl sites for hydroxylation is 1. The topological polar surface area (TPSA) is 17.8 Å². The van der Waals surface area contributed by atoms with Crippen LogP contribution in [0.2, 0.25) is 0 Å². The molecule has 0 aliphatic rings. The van der Waals surface area contributed by atoms with Gasteiger partial charge in [0.1, 0.15) is 0 Å². The lowest BCUT2D eigenvalue weighted by atomic mass is 9.84. The van der Waals surface area contributed by atoms with Gasteiger partial charge in [-0.3, -0.25) is 4.68 Å². The first-order valence-corrected chi connectivity index (χ1v) is 6.99. The van der Waals surface area contributed by atoms with Crippen LogP contribution in [0.15, 0.2) is 12.4 Å². The van der Waals surface area contributed by atoms with Crippen LogP contribution in [0.4, 0.5) is 0 Å². The number of nitrogens with zero attached hydrogens (tertiary/aromatic N) is 2. The maximum atomic E-state index is 4.19. The van der Waals surface area contributed by atoms with Gasteiger partial charge in [-0.1, -0.05) is 38.8 Å². The van der Waals surface area contributed by atoms with Gasteiger partial charge in [0.15, 0.2) is 0 Å². The minimum absolute atomic E-state index is 0.322. The SMILES string of the molecule is CCC(CBr)(CBr)Cc1cnn(C)c1. The number of rotatable bonds is 5. The van der Waals surface area contributed by atoms with Gasteiger partial charge < -0.3 is 0 Å². The Bertz CT molecular complexity index is 271. The first-order chi connectivity index (χ1) is 6.65. The van der Waals surface area contributed by atoms with E-state index in [9.17, 15) is 0 Å². The zero-order valence-corrected chi connectivity index (χ0v) is 11.8. The fraction of sp³-hybridized carbons (Fsp3) is 0.700. The molecule has 1 rings (SSSR count). The Morgan fingerprint density at radius 3 is 2.43 bits per heavy atom. The zero-order chi connectivity index (χ0) is 10.6. The minimum atomic E-state index is 0.322. The third-order valence-electron chi connectivity index (χ3n) is 2.65. The lowest BCUT2D eigenvalue weighted by Crippen LogP contribution is -2.26. The van der Waals surface area contributed by atoms with Gasteiger partial charge in [-0.05, 0) is 23.8 Å². The molecule has 0 aliphatic heterocycles. The van der Waals surface area contributed by atoms with E-state index >= 15 is 0 Å². The minimum Gasteiger partial charge on any atom is -0.276 e. The zero-order valence-electron chi connectivity index (χ0n) is 8.63. The van der Waals surface area contributed by atoms with Crippen molar-refractivity contribution < 1.29 is 0 Å². The molecule has 0 saturated carbocycles. The highest BCUT2D eigenvalue weighted by Gasteiger charge is 2.26. The van der Waals surface area contributed by atoms with Crippen LogP contribution < -0.4 is 0 Å². The van der Waals surface area contributed by atoms with Crippen molar-refractivity contribution in [3.63, 3.8) is 0 Å². The third-order valence-corrected chi connectivity index (χ3v) is 5.03. The molecular weight excluding hydrogens is 308 g/mol. The Kier molecular flexibility index (Phi) is 4.64. The summed E-state index contributed by atoms with van der Waals surface area (Å²) in [5.41, 5.74) is 1.64. The van der Waals surface area contributed by atoms with Crippen molar-refractivity contribution >= 4 is 31.9 Å². The van der Waals surface area contributed by atoms with E-state index in [4.69, 9.17) is 0 Å². The fourth-order valence-electron chi connectivity index (χ4n) is 1.44. The quantitative estimate of drug-likeness (QED) is 0.761. The lowest BCUT2D eigenvalue weighted by molar-refractivity contribution is 0.373. The molecule has 0 saturated heterocycles. The molecule has 0 unspecified atom stereocenters. The second kappa shape index (κ2) is 5.31. The van der Waals surface area contributed by atoms with Gasteiger partial charge in [0.05, 0.1) is 6.20 Å². The summed E-state index contributed by atoms with van der Waals surface area (Å²) in [4.78, 5) is 0. The monoisotopic (exact) mass is 322 g/mol. The number of halogens is 2. The summed E-state index contributed by atoms with van der Waals surface area (Å²) in [6.07, 6.45) is 6.29. The summed E-state index contributed by atoms with van der Waals surface area (Å²) in [5, 5.41) is 6.24. The van der Waals surface area contributed by atoms with E-state index < -0.39 is 0 Å². The molecule has 4 heteroatoms. The smallest absolute Gasteiger partial charge is 0.0521 e. The Labute approximate surface area is 102 Å². The molecule has 0 fully saturated rings. The second-order valence-electron chi connectivity index (χ2n) is 3.82.